The van der Waals surface area contributed by atoms with E-state index >= 15 is 0 Å². The van der Waals surface area contributed by atoms with Crippen LogP contribution in [0.3, 0.4) is 0 Å². The Labute approximate surface area is 171 Å². The fourth-order valence-corrected chi connectivity index (χ4v) is 3.54. The summed E-state index contributed by atoms with van der Waals surface area (Å²) in [6, 6.07) is 10.4. The van der Waals surface area contributed by atoms with E-state index in [0.717, 1.165) is 25.2 Å². The van der Waals surface area contributed by atoms with E-state index in [0.29, 0.717) is 0 Å². The third-order valence-electron chi connectivity index (χ3n) is 5.14. The van der Waals surface area contributed by atoms with E-state index in [-0.39, 0.29) is 12.4 Å². The van der Waals surface area contributed by atoms with Crippen molar-refractivity contribution in [2.45, 2.75) is 90.2 Å². The molecule has 0 fully saturated rings. The van der Waals surface area contributed by atoms with E-state index in [9.17, 15) is 5.11 Å². The Morgan fingerprint density at radius 1 is 0.889 bits per heavy atom. The predicted molar refractivity (Wildman–Crippen MR) is 108 cm³/mol. The van der Waals surface area contributed by atoms with E-state index < -0.39 is 6.10 Å². The Hall–Kier alpha value is -1.32. The second-order valence-electron chi connectivity index (χ2n) is 7.45. The summed E-state index contributed by atoms with van der Waals surface area (Å²) in [5.74, 6) is 0.921. The zero-order valence-electron chi connectivity index (χ0n) is 16.9. The topological polar surface area (TPSA) is 39.9 Å². The third kappa shape index (κ3) is 9.44. The second kappa shape index (κ2) is 14.7. The van der Waals surface area contributed by atoms with E-state index in [2.05, 4.69) is 40.7 Å². The number of aliphatic hydroxyl groups is 1. The van der Waals surface area contributed by atoms with Gasteiger partial charge in [-0.15, -0.1) is 0 Å². The van der Waals surface area contributed by atoms with Crippen LogP contribution in [0, 0.1) is 0 Å². The summed E-state index contributed by atoms with van der Waals surface area (Å²) < 4.78 is 2.12. The van der Waals surface area contributed by atoms with Gasteiger partial charge in [0.1, 0.15) is 18.9 Å². The number of hydrogen-bond acceptors (Lipinski definition) is 1. The summed E-state index contributed by atoms with van der Waals surface area (Å²) in [7, 11) is 0. The van der Waals surface area contributed by atoms with Crippen molar-refractivity contribution in [3.63, 3.8) is 0 Å². The van der Waals surface area contributed by atoms with Gasteiger partial charge in [0.05, 0.1) is 0 Å². The zero-order valence-corrected chi connectivity index (χ0v) is 17.6. The number of H-pyrrole nitrogens is 1. The first kappa shape index (κ1) is 23.7. The van der Waals surface area contributed by atoms with E-state index in [4.69, 9.17) is 0 Å². The molecule has 4 heteroatoms. The van der Waals surface area contributed by atoms with Crippen LogP contribution in [-0.4, -0.2) is 10.1 Å². The van der Waals surface area contributed by atoms with Crippen LogP contribution < -0.4 is 17.0 Å². The van der Waals surface area contributed by atoms with Crippen molar-refractivity contribution in [2.75, 3.05) is 0 Å². The molecule has 27 heavy (non-hydrogen) atoms. The lowest BCUT2D eigenvalue weighted by atomic mass is 10.0. The number of aromatic amines is 1. The van der Waals surface area contributed by atoms with Crippen molar-refractivity contribution >= 4 is 0 Å². The molecule has 0 aliphatic carbocycles. The van der Waals surface area contributed by atoms with Crippen LogP contribution in [0.4, 0.5) is 0 Å². The number of unbranched alkanes of at least 4 members (excludes halogenated alkanes) is 9. The Morgan fingerprint density at radius 3 is 2.11 bits per heavy atom. The molecular weight excluding hydrogens is 356 g/mol. The first-order valence-electron chi connectivity index (χ1n) is 10.6. The minimum Gasteiger partial charge on any atom is -1.00 e. The van der Waals surface area contributed by atoms with Gasteiger partial charge in [0.15, 0.2) is 6.10 Å². The molecule has 0 aliphatic heterocycles. The number of nitrogens with one attached hydrogen (secondary N) is 1. The highest BCUT2D eigenvalue weighted by atomic mass is 35.5. The maximum Gasteiger partial charge on any atom is 0.283 e. The van der Waals surface area contributed by atoms with Gasteiger partial charge in [-0.2, -0.15) is 0 Å². The molecule has 0 aliphatic rings. The fourth-order valence-electron chi connectivity index (χ4n) is 3.54. The highest BCUT2D eigenvalue weighted by Gasteiger charge is 2.20. The average molecular weight is 393 g/mol. The van der Waals surface area contributed by atoms with Gasteiger partial charge in [0.2, 0.25) is 0 Å². The number of imidazole rings is 1. The molecule has 152 valence electrons. The second-order valence-corrected chi connectivity index (χ2v) is 7.45. The number of rotatable bonds is 14. The largest absolute Gasteiger partial charge is 1.00 e. The molecule has 0 spiro atoms. The van der Waals surface area contributed by atoms with Gasteiger partial charge in [0, 0.05) is 0 Å². The highest BCUT2D eigenvalue weighted by Crippen LogP contribution is 2.17. The number of aliphatic hydroxyl groups excluding tert-OH is 1. The molecule has 2 N–H and O–H groups in total. The van der Waals surface area contributed by atoms with Crippen LogP contribution >= 0.6 is 0 Å². The molecule has 0 radical (unpaired) electrons. The molecule has 1 aromatic carbocycles. The number of aromatic nitrogens is 2. The first-order valence-corrected chi connectivity index (χ1v) is 10.6. The maximum absolute atomic E-state index is 10.5. The van der Waals surface area contributed by atoms with Gasteiger partial charge in [0.25, 0.3) is 5.82 Å². The molecule has 1 aromatic heterocycles. The number of halogens is 1. The average Bonchev–Trinajstić information content (AvgIpc) is 3.12. The van der Waals surface area contributed by atoms with Crippen LogP contribution in [-0.2, 0) is 6.54 Å². The van der Waals surface area contributed by atoms with Gasteiger partial charge >= 0.3 is 0 Å². The molecule has 0 amide bonds. The van der Waals surface area contributed by atoms with Crippen LogP contribution in [0.15, 0.2) is 42.7 Å². The Kier molecular flexibility index (Phi) is 12.9. The minimum absolute atomic E-state index is 0. The van der Waals surface area contributed by atoms with Crippen molar-refractivity contribution in [3.8, 4) is 0 Å². The van der Waals surface area contributed by atoms with Crippen LogP contribution in [0.25, 0.3) is 0 Å². The van der Waals surface area contributed by atoms with Crippen molar-refractivity contribution < 1.29 is 22.1 Å². The van der Waals surface area contributed by atoms with Crippen molar-refractivity contribution in [1.82, 2.24) is 4.98 Å². The molecule has 0 saturated heterocycles. The van der Waals surface area contributed by atoms with Gasteiger partial charge < -0.3 is 17.5 Å². The zero-order chi connectivity index (χ0) is 18.5. The lowest BCUT2D eigenvalue weighted by Gasteiger charge is -2.08. The van der Waals surface area contributed by atoms with Gasteiger partial charge in [-0.1, -0.05) is 101 Å². The molecule has 2 rings (SSSR count). The lowest BCUT2D eigenvalue weighted by molar-refractivity contribution is -0.698. The van der Waals surface area contributed by atoms with Gasteiger partial charge in [-0.05, 0) is 12.0 Å². The molecule has 0 saturated carbocycles. The molecule has 3 nitrogen and oxygen atoms in total. The third-order valence-corrected chi connectivity index (χ3v) is 5.14. The SMILES string of the molecule is CCCCCCCCCCCCC(O)c1[nH]cc[n+]1Cc1ccccc1.[Cl-]. The Balaban J connectivity index is 0.00000364. The molecule has 1 unspecified atom stereocenters. The van der Waals surface area contributed by atoms with E-state index in [1.54, 1.807) is 0 Å². The summed E-state index contributed by atoms with van der Waals surface area (Å²) in [6.45, 7) is 3.07. The van der Waals surface area contributed by atoms with Gasteiger partial charge in [-0.3, -0.25) is 0 Å². The molecule has 2 aromatic rings. The number of benzene rings is 1. The van der Waals surface area contributed by atoms with Crippen LogP contribution in [0.1, 0.15) is 95.0 Å². The summed E-state index contributed by atoms with van der Waals surface area (Å²) in [5.41, 5.74) is 1.25. The van der Waals surface area contributed by atoms with Crippen molar-refractivity contribution in [1.29, 1.82) is 0 Å². The Morgan fingerprint density at radius 2 is 1.48 bits per heavy atom. The monoisotopic (exact) mass is 392 g/mol. The minimum atomic E-state index is -0.400. The standard InChI is InChI=1S/C23H36N2O.ClH/c1-2-3-4-5-6-7-8-9-10-14-17-22(26)23-24-18-19-25(23)20-21-15-12-11-13-16-21;/h11-13,15-16,18-19,22,26H,2-10,14,17,20H2,1H3;1H. The smallest absolute Gasteiger partial charge is 0.283 e. The normalized spacial score (nSPS) is 11.9. The molecule has 0 bridgehead atoms. The maximum atomic E-state index is 10.5. The predicted octanol–water partition coefficient (Wildman–Crippen LogP) is 2.70. The molecule has 1 atom stereocenters. The first-order chi connectivity index (χ1) is 12.8. The summed E-state index contributed by atoms with van der Waals surface area (Å²) >= 11 is 0. The molecule has 1 heterocycles. The van der Waals surface area contributed by atoms with E-state index in [1.807, 2.05) is 18.5 Å². The highest BCUT2D eigenvalue weighted by molar-refractivity contribution is 5.13. The quantitative estimate of drug-likeness (QED) is 0.376. The molecular formula is C23H37ClN2O. The number of nitrogens with zero attached hydrogens (tertiary/aromatic N) is 1. The van der Waals surface area contributed by atoms with E-state index in [1.165, 1.54) is 63.4 Å². The van der Waals surface area contributed by atoms with Crippen molar-refractivity contribution in [3.05, 3.63) is 54.1 Å². The van der Waals surface area contributed by atoms with Gasteiger partial charge in [-0.25, -0.2) is 9.55 Å². The number of hydrogen-bond donors (Lipinski definition) is 2. The van der Waals surface area contributed by atoms with Crippen LogP contribution in [0.2, 0.25) is 0 Å². The summed E-state index contributed by atoms with van der Waals surface area (Å²) in [5, 5.41) is 10.5. The Bertz CT molecular complexity index is 585. The lowest BCUT2D eigenvalue weighted by Crippen LogP contribution is -3.00. The van der Waals surface area contributed by atoms with Crippen LogP contribution in [0.5, 0.6) is 0 Å². The summed E-state index contributed by atoms with van der Waals surface area (Å²) in [4.78, 5) is 3.22. The van der Waals surface area contributed by atoms with Crippen molar-refractivity contribution in [2.24, 2.45) is 0 Å². The fraction of sp³-hybridized carbons (Fsp3) is 0.609. The summed E-state index contributed by atoms with van der Waals surface area (Å²) in [6.07, 6.45) is 17.6.